The van der Waals surface area contributed by atoms with E-state index in [9.17, 15) is 4.79 Å². The first-order chi connectivity index (χ1) is 10.2. The second kappa shape index (κ2) is 5.28. The van der Waals surface area contributed by atoms with Crippen molar-refractivity contribution in [3.05, 3.63) is 59.9 Å². The number of benzene rings is 2. The lowest BCUT2D eigenvalue weighted by Crippen LogP contribution is -2.04. The van der Waals surface area contributed by atoms with Crippen LogP contribution in [0.3, 0.4) is 0 Å². The predicted molar refractivity (Wildman–Crippen MR) is 78.8 cm³/mol. The van der Waals surface area contributed by atoms with Gasteiger partial charge in [-0.3, -0.25) is 0 Å². The van der Waals surface area contributed by atoms with Crippen molar-refractivity contribution >= 4 is 17.0 Å². The average molecular weight is 282 g/mol. The molecule has 0 aliphatic carbocycles. The van der Waals surface area contributed by atoms with E-state index in [4.69, 9.17) is 9.84 Å². The lowest BCUT2D eigenvalue weighted by atomic mass is 10.1. The summed E-state index contributed by atoms with van der Waals surface area (Å²) in [6.07, 6.45) is 1.75. The molecule has 0 saturated heterocycles. The van der Waals surface area contributed by atoms with E-state index in [1.54, 1.807) is 25.6 Å². The molecule has 0 saturated carbocycles. The average Bonchev–Trinajstić information content (AvgIpc) is 2.90. The number of hydrogen-bond acceptors (Lipinski definition) is 3. The van der Waals surface area contributed by atoms with E-state index in [0.717, 1.165) is 16.6 Å². The first kappa shape index (κ1) is 13.2. The Balaban J connectivity index is 2.04. The standard InChI is InChI=1S/C16H14N2O3/c1-21-15-7-6-11(16(19)20)8-12(15)9-18-10-17-13-4-2-3-5-14(13)18/h2-8,10H,9H2,1H3,(H,19,20). The molecule has 0 atom stereocenters. The first-order valence-corrected chi connectivity index (χ1v) is 6.49. The molecule has 0 unspecified atom stereocenters. The Kier molecular flexibility index (Phi) is 3.31. The SMILES string of the molecule is COc1ccc(C(=O)O)cc1Cn1cnc2ccccc21. The van der Waals surface area contributed by atoms with Gasteiger partial charge in [0.05, 0.1) is 36.6 Å². The molecule has 0 aliphatic heterocycles. The molecular formula is C16H14N2O3. The summed E-state index contributed by atoms with van der Waals surface area (Å²) in [5, 5.41) is 9.11. The number of ether oxygens (including phenoxy) is 1. The van der Waals surface area contributed by atoms with Crippen molar-refractivity contribution in [3.63, 3.8) is 0 Å². The second-order valence-electron chi connectivity index (χ2n) is 4.69. The number of para-hydroxylation sites is 2. The number of carboxylic acids is 1. The van der Waals surface area contributed by atoms with Crippen LogP contribution in [0.15, 0.2) is 48.8 Å². The fourth-order valence-corrected chi connectivity index (χ4v) is 2.35. The largest absolute Gasteiger partial charge is 0.496 e. The summed E-state index contributed by atoms with van der Waals surface area (Å²) in [5.41, 5.74) is 2.96. The Morgan fingerprint density at radius 3 is 2.86 bits per heavy atom. The Morgan fingerprint density at radius 1 is 1.29 bits per heavy atom. The third kappa shape index (κ3) is 2.45. The molecule has 0 amide bonds. The van der Waals surface area contributed by atoms with Gasteiger partial charge in [0.1, 0.15) is 5.75 Å². The van der Waals surface area contributed by atoms with Gasteiger partial charge in [0.2, 0.25) is 0 Å². The fraction of sp³-hybridized carbons (Fsp3) is 0.125. The monoisotopic (exact) mass is 282 g/mol. The van der Waals surface area contributed by atoms with Crippen molar-refractivity contribution in [1.82, 2.24) is 9.55 Å². The van der Waals surface area contributed by atoms with Gasteiger partial charge >= 0.3 is 5.97 Å². The number of imidazole rings is 1. The molecule has 0 fully saturated rings. The molecule has 3 aromatic rings. The predicted octanol–water partition coefficient (Wildman–Crippen LogP) is 2.79. The van der Waals surface area contributed by atoms with Crippen molar-refractivity contribution in [2.75, 3.05) is 7.11 Å². The van der Waals surface area contributed by atoms with Crippen molar-refractivity contribution < 1.29 is 14.6 Å². The van der Waals surface area contributed by atoms with Gasteiger partial charge in [-0.1, -0.05) is 12.1 Å². The maximum absolute atomic E-state index is 11.1. The lowest BCUT2D eigenvalue weighted by molar-refractivity contribution is 0.0696. The van der Waals surface area contributed by atoms with Crippen molar-refractivity contribution in [2.45, 2.75) is 6.54 Å². The van der Waals surface area contributed by atoms with Crippen LogP contribution >= 0.6 is 0 Å². The number of carbonyl (C=O) groups is 1. The molecule has 1 N–H and O–H groups in total. The topological polar surface area (TPSA) is 64.3 Å². The summed E-state index contributed by atoms with van der Waals surface area (Å²) in [6.45, 7) is 0.505. The van der Waals surface area contributed by atoms with Crippen LogP contribution in [0.5, 0.6) is 5.75 Å². The van der Waals surface area contributed by atoms with Gasteiger partial charge < -0.3 is 14.4 Å². The quantitative estimate of drug-likeness (QED) is 0.799. The molecule has 5 nitrogen and oxygen atoms in total. The number of aromatic nitrogens is 2. The Labute approximate surface area is 121 Å². The van der Waals surface area contributed by atoms with E-state index < -0.39 is 5.97 Å². The summed E-state index contributed by atoms with van der Waals surface area (Å²) in [5.74, 6) is -0.285. The normalized spacial score (nSPS) is 10.7. The van der Waals surface area contributed by atoms with E-state index in [0.29, 0.717) is 12.3 Å². The Hall–Kier alpha value is -2.82. The molecule has 1 aromatic heterocycles. The molecule has 2 aromatic carbocycles. The number of methoxy groups -OCH3 is 1. The molecule has 0 radical (unpaired) electrons. The lowest BCUT2D eigenvalue weighted by Gasteiger charge is -2.11. The van der Waals surface area contributed by atoms with Crippen LogP contribution in [0.4, 0.5) is 0 Å². The van der Waals surface area contributed by atoms with Gasteiger partial charge in [-0.05, 0) is 30.3 Å². The third-order valence-corrected chi connectivity index (χ3v) is 3.40. The van der Waals surface area contributed by atoms with Crippen LogP contribution in [-0.4, -0.2) is 27.7 Å². The maximum atomic E-state index is 11.1. The zero-order valence-electron chi connectivity index (χ0n) is 11.5. The number of rotatable bonds is 4. The molecule has 0 aliphatic rings. The second-order valence-corrected chi connectivity index (χ2v) is 4.69. The minimum Gasteiger partial charge on any atom is -0.496 e. The van der Waals surface area contributed by atoms with Gasteiger partial charge in [-0.2, -0.15) is 0 Å². The van der Waals surface area contributed by atoms with Crippen LogP contribution < -0.4 is 4.74 Å². The number of hydrogen-bond donors (Lipinski definition) is 1. The van der Waals surface area contributed by atoms with E-state index in [1.165, 1.54) is 6.07 Å². The summed E-state index contributed by atoms with van der Waals surface area (Å²) in [6, 6.07) is 12.7. The zero-order chi connectivity index (χ0) is 14.8. The minimum atomic E-state index is -0.950. The smallest absolute Gasteiger partial charge is 0.335 e. The van der Waals surface area contributed by atoms with Gasteiger partial charge in [0, 0.05) is 5.56 Å². The van der Waals surface area contributed by atoms with E-state index >= 15 is 0 Å². The highest BCUT2D eigenvalue weighted by Gasteiger charge is 2.11. The van der Waals surface area contributed by atoms with E-state index in [-0.39, 0.29) is 5.56 Å². The van der Waals surface area contributed by atoms with Crippen molar-refractivity contribution in [3.8, 4) is 5.75 Å². The molecule has 1 heterocycles. The fourth-order valence-electron chi connectivity index (χ4n) is 2.35. The van der Waals surface area contributed by atoms with Crippen LogP contribution in [-0.2, 0) is 6.54 Å². The van der Waals surface area contributed by atoms with Crippen molar-refractivity contribution in [2.24, 2.45) is 0 Å². The van der Waals surface area contributed by atoms with Crippen LogP contribution in [0.25, 0.3) is 11.0 Å². The van der Waals surface area contributed by atoms with Gasteiger partial charge in [0.25, 0.3) is 0 Å². The number of fused-ring (bicyclic) bond motifs is 1. The highest BCUT2D eigenvalue weighted by Crippen LogP contribution is 2.23. The molecule has 0 bridgehead atoms. The first-order valence-electron chi connectivity index (χ1n) is 6.49. The van der Waals surface area contributed by atoms with Crippen LogP contribution in [0.2, 0.25) is 0 Å². The number of aromatic carboxylic acids is 1. The number of nitrogens with zero attached hydrogens (tertiary/aromatic N) is 2. The van der Waals surface area contributed by atoms with E-state index in [1.807, 2.05) is 28.8 Å². The summed E-state index contributed by atoms with van der Waals surface area (Å²) in [4.78, 5) is 15.4. The minimum absolute atomic E-state index is 0.246. The summed E-state index contributed by atoms with van der Waals surface area (Å²) in [7, 11) is 1.57. The summed E-state index contributed by atoms with van der Waals surface area (Å²) < 4.78 is 7.29. The number of carboxylic acid groups (broad SMARTS) is 1. The van der Waals surface area contributed by atoms with Gasteiger partial charge in [-0.25, -0.2) is 9.78 Å². The van der Waals surface area contributed by atoms with E-state index in [2.05, 4.69) is 4.98 Å². The zero-order valence-corrected chi connectivity index (χ0v) is 11.5. The van der Waals surface area contributed by atoms with Crippen molar-refractivity contribution in [1.29, 1.82) is 0 Å². The summed E-state index contributed by atoms with van der Waals surface area (Å²) >= 11 is 0. The van der Waals surface area contributed by atoms with Crippen LogP contribution in [0.1, 0.15) is 15.9 Å². The third-order valence-electron chi connectivity index (χ3n) is 3.40. The molecule has 3 rings (SSSR count). The highest BCUT2D eigenvalue weighted by molar-refractivity contribution is 5.88. The molecule has 106 valence electrons. The highest BCUT2D eigenvalue weighted by atomic mass is 16.5. The Bertz CT molecular complexity index is 808. The van der Waals surface area contributed by atoms with Crippen LogP contribution in [0, 0.1) is 0 Å². The van der Waals surface area contributed by atoms with Gasteiger partial charge in [0.15, 0.2) is 0 Å². The van der Waals surface area contributed by atoms with Gasteiger partial charge in [-0.15, -0.1) is 0 Å². The molecule has 5 heteroatoms. The maximum Gasteiger partial charge on any atom is 0.335 e. The molecular weight excluding hydrogens is 268 g/mol. The Morgan fingerprint density at radius 2 is 2.10 bits per heavy atom. The molecule has 21 heavy (non-hydrogen) atoms. The molecule has 0 spiro atoms.